The summed E-state index contributed by atoms with van der Waals surface area (Å²) in [6.07, 6.45) is 3.94. The van der Waals surface area contributed by atoms with E-state index in [1.165, 1.54) is 5.56 Å². The molecule has 1 aromatic heterocycles. The Balaban J connectivity index is 0.00000384. The Bertz CT molecular complexity index is 1440. The van der Waals surface area contributed by atoms with Crippen LogP contribution < -0.4 is 16.0 Å². The molecule has 4 aliphatic heterocycles. The molecule has 3 N–H and O–H groups in total. The lowest BCUT2D eigenvalue weighted by Crippen LogP contribution is -2.57. The third-order valence-electron chi connectivity index (χ3n) is 8.53. The summed E-state index contributed by atoms with van der Waals surface area (Å²) in [4.78, 5) is 42.8. The molecule has 0 spiro atoms. The SMILES string of the molecule is C.CC(C)C[C@@H]1NC(=O)[C@@H]2CCCN2Cc2cccc(c2)Nc2cc(ncn2)Nc2cccc(c2)CN2CCN(CC2)C1=O. The van der Waals surface area contributed by atoms with E-state index in [0.717, 1.165) is 56.0 Å². The smallest absolute Gasteiger partial charge is 0.245 e. The van der Waals surface area contributed by atoms with Crippen molar-refractivity contribution in [3.63, 3.8) is 0 Å². The summed E-state index contributed by atoms with van der Waals surface area (Å²) in [6.45, 7) is 9.42. The van der Waals surface area contributed by atoms with Crippen LogP contribution >= 0.6 is 0 Å². The van der Waals surface area contributed by atoms with Crippen molar-refractivity contribution in [1.29, 1.82) is 0 Å². The van der Waals surface area contributed by atoms with E-state index in [0.29, 0.717) is 43.6 Å². The molecule has 0 aliphatic carbocycles. The van der Waals surface area contributed by atoms with Crippen LogP contribution in [0.3, 0.4) is 0 Å². The molecule has 234 valence electrons. The highest BCUT2D eigenvalue weighted by Crippen LogP contribution is 2.25. The van der Waals surface area contributed by atoms with E-state index in [1.54, 1.807) is 6.33 Å². The Morgan fingerprint density at radius 1 is 0.841 bits per heavy atom. The molecule has 2 saturated heterocycles. The van der Waals surface area contributed by atoms with Gasteiger partial charge in [-0.3, -0.25) is 19.4 Å². The van der Waals surface area contributed by atoms with Crippen molar-refractivity contribution < 1.29 is 9.59 Å². The van der Waals surface area contributed by atoms with Crippen LogP contribution in [0.4, 0.5) is 23.0 Å². The number of carbonyl (C=O) groups is 2. The zero-order valence-corrected chi connectivity index (χ0v) is 25.1. The molecule has 0 saturated carbocycles. The fourth-order valence-electron chi connectivity index (χ4n) is 6.40. The van der Waals surface area contributed by atoms with Gasteiger partial charge in [-0.2, -0.15) is 0 Å². The molecular weight excluding hydrogens is 552 g/mol. The number of hydrogen-bond acceptors (Lipinski definition) is 8. The number of nitrogens with one attached hydrogen (secondary N) is 3. The lowest BCUT2D eigenvalue weighted by molar-refractivity contribution is -0.139. The third-order valence-corrected chi connectivity index (χ3v) is 8.53. The lowest BCUT2D eigenvalue weighted by atomic mass is 10.0. The Morgan fingerprint density at radius 2 is 1.48 bits per heavy atom. The van der Waals surface area contributed by atoms with Gasteiger partial charge in [-0.05, 0) is 67.1 Å². The van der Waals surface area contributed by atoms with Gasteiger partial charge in [-0.25, -0.2) is 9.97 Å². The van der Waals surface area contributed by atoms with E-state index in [1.807, 2.05) is 29.2 Å². The van der Waals surface area contributed by atoms with Gasteiger partial charge in [0, 0.05) is 56.7 Å². The normalized spacial score (nSPS) is 22.8. The fraction of sp³-hybridized carbons (Fsp3) is 0.471. The van der Waals surface area contributed by atoms with Crippen LogP contribution in [0.1, 0.15) is 51.7 Å². The first-order chi connectivity index (χ1) is 20.9. The van der Waals surface area contributed by atoms with Crippen molar-refractivity contribution in [1.82, 2.24) is 30.0 Å². The number of carbonyl (C=O) groups excluding carboxylic acids is 2. The van der Waals surface area contributed by atoms with Gasteiger partial charge < -0.3 is 20.9 Å². The number of nitrogens with zero attached hydrogens (tertiary/aromatic N) is 5. The standard InChI is InChI=1S/C33H42N8O2.CH4/c1-23(2)16-28-33(43)40-14-12-39(13-15-40)20-24-6-3-8-26(17-24)36-30-19-31(35-22-34-30)37-27-9-4-7-25(18-27)21-41-11-5-10-29(41)32(42)38-28;/h3-4,6-9,17-19,22-23,28-29H,5,10-16,20-21H2,1-2H3,(H,38,42)(H2,34,35,36,37);1H4/t28-,29-;/m0./s1. The molecule has 7 rings (SSSR count). The molecule has 10 nitrogen and oxygen atoms in total. The molecule has 5 heterocycles. The Hall–Kier alpha value is -4.02. The van der Waals surface area contributed by atoms with Gasteiger partial charge in [0.25, 0.3) is 0 Å². The van der Waals surface area contributed by atoms with Gasteiger partial charge >= 0.3 is 0 Å². The van der Waals surface area contributed by atoms with E-state index >= 15 is 0 Å². The third kappa shape index (κ3) is 7.73. The molecule has 0 radical (unpaired) electrons. The molecule has 4 aliphatic rings. The molecule has 2 atom stereocenters. The lowest BCUT2D eigenvalue weighted by Gasteiger charge is -2.37. The minimum atomic E-state index is -0.505. The summed E-state index contributed by atoms with van der Waals surface area (Å²) in [5.74, 6) is 1.69. The second-order valence-corrected chi connectivity index (χ2v) is 12.4. The monoisotopic (exact) mass is 598 g/mol. The number of piperazine rings is 1. The van der Waals surface area contributed by atoms with Crippen LogP contribution in [0, 0.1) is 5.92 Å². The quantitative estimate of drug-likeness (QED) is 0.388. The molecule has 8 bridgehead atoms. The van der Waals surface area contributed by atoms with Crippen LogP contribution in [-0.2, 0) is 22.7 Å². The minimum absolute atomic E-state index is 0. The Labute approximate surface area is 261 Å². The molecule has 2 fully saturated rings. The van der Waals surface area contributed by atoms with Gasteiger partial charge in [0.2, 0.25) is 11.8 Å². The molecule has 2 aromatic carbocycles. The highest BCUT2D eigenvalue weighted by molar-refractivity contribution is 5.90. The Kier molecular flexibility index (Phi) is 10.1. The van der Waals surface area contributed by atoms with Crippen molar-refractivity contribution in [2.24, 2.45) is 5.92 Å². The van der Waals surface area contributed by atoms with Crippen molar-refractivity contribution in [2.75, 3.05) is 43.4 Å². The van der Waals surface area contributed by atoms with Crippen molar-refractivity contribution in [3.8, 4) is 0 Å². The van der Waals surface area contributed by atoms with Gasteiger partial charge in [-0.15, -0.1) is 0 Å². The number of anilines is 4. The van der Waals surface area contributed by atoms with Crippen molar-refractivity contribution in [2.45, 2.75) is 65.7 Å². The molecule has 44 heavy (non-hydrogen) atoms. The maximum absolute atomic E-state index is 13.7. The topological polar surface area (TPSA) is 106 Å². The number of benzene rings is 2. The average molecular weight is 599 g/mol. The van der Waals surface area contributed by atoms with Gasteiger partial charge in [0.15, 0.2) is 0 Å². The van der Waals surface area contributed by atoms with Crippen LogP contribution in [0.2, 0.25) is 0 Å². The molecule has 0 unspecified atom stereocenters. The number of amides is 2. The molecule has 10 heteroatoms. The number of rotatable bonds is 2. The highest BCUT2D eigenvalue weighted by Gasteiger charge is 2.35. The molecular formula is C34H46N8O2. The van der Waals surface area contributed by atoms with E-state index in [-0.39, 0.29) is 25.3 Å². The predicted molar refractivity (Wildman–Crippen MR) is 175 cm³/mol. The largest absolute Gasteiger partial charge is 0.343 e. The summed E-state index contributed by atoms with van der Waals surface area (Å²) in [6, 6.07) is 17.7. The zero-order chi connectivity index (χ0) is 29.8. The predicted octanol–water partition coefficient (Wildman–Crippen LogP) is 4.75. The molecule has 2 amide bonds. The van der Waals surface area contributed by atoms with E-state index < -0.39 is 6.04 Å². The average Bonchev–Trinajstić information content (AvgIpc) is 3.45. The van der Waals surface area contributed by atoms with E-state index in [2.05, 4.69) is 79.9 Å². The maximum Gasteiger partial charge on any atom is 0.245 e. The van der Waals surface area contributed by atoms with Crippen LogP contribution in [0.5, 0.6) is 0 Å². The van der Waals surface area contributed by atoms with Gasteiger partial charge in [-0.1, -0.05) is 45.5 Å². The summed E-state index contributed by atoms with van der Waals surface area (Å²) in [5.41, 5.74) is 4.19. The second-order valence-electron chi connectivity index (χ2n) is 12.4. The second kappa shape index (κ2) is 14.2. The first kappa shape index (κ1) is 31.4. The van der Waals surface area contributed by atoms with Gasteiger partial charge in [0.1, 0.15) is 24.0 Å². The number of aromatic nitrogens is 2. The van der Waals surface area contributed by atoms with Crippen molar-refractivity contribution >= 4 is 34.8 Å². The van der Waals surface area contributed by atoms with Gasteiger partial charge in [0.05, 0.1) is 6.04 Å². The summed E-state index contributed by atoms with van der Waals surface area (Å²) < 4.78 is 0. The van der Waals surface area contributed by atoms with E-state index in [4.69, 9.17) is 0 Å². The summed E-state index contributed by atoms with van der Waals surface area (Å²) in [5, 5.41) is 10.0. The summed E-state index contributed by atoms with van der Waals surface area (Å²) >= 11 is 0. The Morgan fingerprint density at radius 3 is 2.11 bits per heavy atom. The zero-order valence-electron chi connectivity index (χ0n) is 25.1. The van der Waals surface area contributed by atoms with Crippen molar-refractivity contribution in [3.05, 3.63) is 72.1 Å². The number of fused-ring (bicyclic) bond motifs is 5. The minimum Gasteiger partial charge on any atom is -0.343 e. The highest BCUT2D eigenvalue weighted by atomic mass is 16.2. The van der Waals surface area contributed by atoms with Crippen LogP contribution in [0.25, 0.3) is 0 Å². The van der Waals surface area contributed by atoms with Crippen LogP contribution in [0.15, 0.2) is 60.9 Å². The summed E-state index contributed by atoms with van der Waals surface area (Å²) in [7, 11) is 0. The van der Waals surface area contributed by atoms with E-state index in [9.17, 15) is 9.59 Å². The molecule has 3 aromatic rings. The first-order valence-electron chi connectivity index (χ1n) is 15.5. The maximum atomic E-state index is 13.7. The fourth-order valence-corrected chi connectivity index (χ4v) is 6.40. The number of hydrogen-bond donors (Lipinski definition) is 3. The first-order valence-corrected chi connectivity index (χ1v) is 15.5. The van der Waals surface area contributed by atoms with Crippen LogP contribution in [-0.4, -0.2) is 81.3 Å².